The van der Waals surface area contributed by atoms with Crippen molar-refractivity contribution >= 4 is 0 Å². The van der Waals surface area contributed by atoms with Gasteiger partial charge < -0.3 is 9.84 Å². The first-order valence-corrected chi connectivity index (χ1v) is 5.00. The van der Waals surface area contributed by atoms with E-state index < -0.39 is 0 Å². The van der Waals surface area contributed by atoms with Gasteiger partial charge in [0.05, 0.1) is 18.3 Å². The maximum Gasteiger partial charge on any atom is 0.0745 e. The molecule has 0 aromatic carbocycles. The van der Waals surface area contributed by atoms with E-state index in [1.54, 1.807) is 6.92 Å². The van der Waals surface area contributed by atoms with Crippen molar-refractivity contribution in [1.82, 2.24) is 0 Å². The lowest BCUT2D eigenvalue weighted by Gasteiger charge is -2.42. The lowest BCUT2D eigenvalue weighted by Crippen LogP contribution is -2.41. The number of aliphatic hydroxyl groups is 1. The maximum atomic E-state index is 9.08. The molecule has 2 heteroatoms. The highest BCUT2D eigenvalue weighted by Crippen LogP contribution is 2.39. The van der Waals surface area contributed by atoms with Crippen LogP contribution in [-0.4, -0.2) is 23.4 Å². The summed E-state index contributed by atoms with van der Waals surface area (Å²) in [6.45, 7) is 4.46. The second-order valence-electron chi connectivity index (χ2n) is 3.95. The van der Waals surface area contributed by atoms with Gasteiger partial charge in [-0.3, -0.25) is 0 Å². The van der Waals surface area contributed by atoms with Crippen LogP contribution in [0, 0.1) is 0 Å². The summed E-state index contributed by atoms with van der Waals surface area (Å²) in [6.07, 6.45) is 5.68. The minimum Gasteiger partial charge on any atom is -0.391 e. The van der Waals surface area contributed by atoms with E-state index >= 15 is 0 Å². The molecule has 0 aromatic rings. The molecule has 0 aromatic heterocycles. The molecule has 1 rings (SSSR count). The predicted molar refractivity (Wildman–Crippen MR) is 49.1 cm³/mol. The zero-order valence-corrected chi connectivity index (χ0v) is 8.18. The average molecular weight is 172 g/mol. The Balaban J connectivity index is 2.24. The molecule has 0 spiro atoms. The molecule has 0 saturated heterocycles. The second-order valence-corrected chi connectivity index (χ2v) is 3.95. The smallest absolute Gasteiger partial charge is 0.0745 e. The van der Waals surface area contributed by atoms with Crippen LogP contribution in [-0.2, 0) is 4.74 Å². The van der Waals surface area contributed by atoms with Crippen LogP contribution >= 0.6 is 0 Å². The van der Waals surface area contributed by atoms with Crippen molar-refractivity contribution in [3.63, 3.8) is 0 Å². The third kappa shape index (κ3) is 2.46. The molecule has 0 bridgehead atoms. The molecule has 0 aliphatic heterocycles. The number of hydrogen-bond donors (Lipinski definition) is 1. The summed E-state index contributed by atoms with van der Waals surface area (Å²) in [5, 5.41) is 9.08. The van der Waals surface area contributed by atoms with Gasteiger partial charge in [0.2, 0.25) is 0 Å². The number of aliphatic hydroxyl groups excluding tert-OH is 1. The van der Waals surface area contributed by atoms with Crippen molar-refractivity contribution in [2.24, 2.45) is 0 Å². The summed E-state index contributed by atoms with van der Waals surface area (Å²) >= 11 is 0. The van der Waals surface area contributed by atoms with Crippen LogP contribution in [0.5, 0.6) is 0 Å². The fourth-order valence-electron chi connectivity index (χ4n) is 1.79. The van der Waals surface area contributed by atoms with E-state index in [4.69, 9.17) is 9.84 Å². The molecule has 1 atom stereocenters. The summed E-state index contributed by atoms with van der Waals surface area (Å²) in [6, 6.07) is 0. The third-order valence-electron chi connectivity index (χ3n) is 2.60. The van der Waals surface area contributed by atoms with Crippen molar-refractivity contribution in [2.75, 3.05) is 6.61 Å². The predicted octanol–water partition coefficient (Wildman–Crippen LogP) is 2.11. The molecule has 72 valence electrons. The minimum atomic E-state index is -0.320. The van der Waals surface area contributed by atoms with Crippen LogP contribution in [0.3, 0.4) is 0 Å². The first-order valence-electron chi connectivity index (χ1n) is 5.00. The molecule has 12 heavy (non-hydrogen) atoms. The van der Waals surface area contributed by atoms with Gasteiger partial charge in [-0.1, -0.05) is 13.3 Å². The molecule has 0 heterocycles. The van der Waals surface area contributed by atoms with Gasteiger partial charge in [0.25, 0.3) is 0 Å². The highest BCUT2D eigenvalue weighted by molar-refractivity contribution is 4.89. The molecule has 0 radical (unpaired) electrons. The Labute approximate surface area is 74.9 Å². The van der Waals surface area contributed by atoms with Gasteiger partial charge in [-0.15, -0.1) is 0 Å². The molecular formula is C10H20O2. The fraction of sp³-hybridized carbons (Fsp3) is 1.00. The molecule has 1 fully saturated rings. The van der Waals surface area contributed by atoms with E-state index in [-0.39, 0.29) is 11.7 Å². The largest absolute Gasteiger partial charge is 0.391 e. The highest BCUT2D eigenvalue weighted by Gasteiger charge is 2.36. The maximum absolute atomic E-state index is 9.08. The number of rotatable bonds is 5. The number of hydrogen-bond acceptors (Lipinski definition) is 2. The zero-order valence-electron chi connectivity index (χ0n) is 8.18. The van der Waals surface area contributed by atoms with Gasteiger partial charge in [0.15, 0.2) is 0 Å². The van der Waals surface area contributed by atoms with Gasteiger partial charge in [-0.2, -0.15) is 0 Å². The summed E-state index contributed by atoms with van der Waals surface area (Å²) < 4.78 is 5.72. The van der Waals surface area contributed by atoms with E-state index in [2.05, 4.69) is 6.92 Å². The van der Waals surface area contributed by atoms with E-state index in [0.29, 0.717) is 6.61 Å². The standard InChI is InChI=1S/C10H20O2/c1-3-5-10(6-4-7-10)12-8-9(2)11/h9,11H,3-8H2,1-2H3. The number of ether oxygens (including phenoxy) is 1. The third-order valence-corrected chi connectivity index (χ3v) is 2.60. The Morgan fingerprint density at radius 2 is 2.17 bits per heavy atom. The van der Waals surface area contributed by atoms with Gasteiger partial charge in [-0.05, 0) is 32.6 Å². The molecule has 1 saturated carbocycles. The topological polar surface area (TPSA) is 29.5 Å². The van der Waals surface area contributed by atoms with Gasteiger partial charge in [-0.25, -0.2) is 0 Å². The zero-order chi connectivity index (χ0) is 9.03. The molecular weight excluding hydrogens is 152 g/mol. The molecule has 1 N–H and O–H groups in total. The Hall–Kier alpha value is -0.0800. The van der Waals surface area contributed by atoms with Gasteiger partial charge in [0, 0.05) is 0 Å². The van der Waals surface area contributed by atoms with Crippen molar-refractivity contribution in [3.05, 3.63) is 0 Å². The molecule has 0 amide bonds. The fourth-order valence-corrected chi connectivity index (χ4v) is 1.79. The Bertz CT molecular complexity index is 128. The quantitative estimate of drug-likeness (QED) is 0.688. The SMILES string of the molecule is CCCC1(OCC(C)O)CCC1. The van der Waals surface area contributed by atoms with Crippen molar-refractivity contribution in [2.45, 2.75) is 57.7 Å². The summed E-state index contributed by atoms with van der Waals surface area (Å²) in [5.41, 5.74) is 0.145. The average Bonchev–Trinajstić information content (AvgIpc) is 1.94. The minimum absolute atomic E-state index is 0.145. The Kier molecular flexibility index (Phi) is 3.53. The van der Waals surface area contributed by atoms with Crippen LogP contribution in [0.2, 0.25) is 0 Å². The van der Waals surface area contributed by atoms with Gasteiger partial charge in [0.1, 0.15) is 0 Å². The molecule has 1 unspecified atom stereocenters. The van der Waals surface area contributed by atoms with Crippen molar-refractivity contribution < 1.29 is 9.84 Å². The van der Waals surface area contributed by atoms with Crippen molar-refractivity contribution in [1.29, 1.82) is 0 Å². The van der Waals surface area contributed by atoms with Crippen LogP contribution in [0.25, 0.3) is 0 Å². The second kappa shape index (κ2) is 4.24. The first kappa shape index (κ1) is 10.0. The summed E-state index contributed by atoms with van der Waals surface area (Å²) in [7, 11) is 0. The van der Waals surface area contributed by atoms with E-state index in [1.807, 2.05) is 0 Å². The van der Waals surface area contributed by atoms with E-state index in [1.165, 1.54) is 25.7 Å². The lowest BCUT2D eigenvalue weighted by atomic mass is 9.77. The Morgan fingerprint density at radius 1 is 1.50 bits per heavy atom. The van der Waals surface area contributed by atoms with Crippen LogP contribution < -0.4 is 0 Å². The highest BCUT2D eigenvalue weighted by atomic mass is 16.5. The summed E-state index contributed by atoms with van der Waals surface area (Å²) in [5.74, 6) is 0. The van der Waals surface area contributed by atoms with E-state index in [0.717, 1.165) is 6.42 Å². The first-order chi connectivity index (χ1) is 5.68. The van der Waals surface area contributed by atoms with Gasteiger partial charge >= 0.3 is 0 Å². The van der Waals surface area contributed by atoms with Crippen LogP contribution in [0.15, 0.2) is 0 Å². The monoisotopic (exact) mass is 172 g/mol. The van der Waals surface area contributed by atoms with Crippen molar-refractivity contribution in [3.8, 4) is 0 Å². The summed E-state index contributed by atoms with van der Waals surface area (Å²) in [4.78, 5) is 0. The van der Waals surface area contributed by atoms with Crippen LogP contribution in [0.1, 0.15) is 46.0 Å². The van der Waals surface area contributed by atoms with E-state index in [9.17, 15) is 0 Å². The molecule has 2 nitrogen and oxygen atoms in total. The Morgan fingerprint density at radius 3 is 2.50 bits per heavy atom. The lowest BCUT2D eigenvalue weighted by molar-refractivity contribution is -0.125. The molecule has 1 aliphatic carbocycles. The normalized spacial score (nSPS) is 23.2. The van der Waals surface area contributed by atoms with Crippen LogP contribution in [0.4, 0.5) is 0 Å². The molecule has 1 aliphatic rings.